The Kier molecular flexibility index (Phi) is 3.68. The lowest BCUT2D eigenvalue weighted by Gasteiger charge is -2.07. The highest BCUT2D eigenvalue weighted by atomic mass is 16.5. The van der Waals surface area contributed by atoms with Gasteiger partial charge >= 0.3 is 0 Å². The lowest BCUT2D eigenvalue weighted by Crippen LogP contribution is -1.97. The molecule has 1 heterocycles. The predicted octanol–water partition coefficient (Wildman–Crippen LogP) is 2.84. The third kappa shape index (κ3) is 2.68. The summed E-state index contributed by atoms with van der Waals surface area (Å²) in [6.45, 7) is 7.71. The molecule has 0 N–H and O–H groups in total. The summed E-state index contributed by atoms with van der Waals surface area (Å²) in [5, 5.41) is 3.78. The summed E-state index contributed by atoms with van der Waals surface area (Å²) in [7, 11) is 0. The molecule has 0 fully saturated rings. The van der Waals surface area contributed by atoms with Crippen molar-refractivity contribution in [2.45, 2.75) is 39.0 Å². The maximum Gasteiger partial charge on any atom is 0.230 e. The van der Waals surface area contributed by atoms with Crippen LogP contribution >= 0.6 is 0 Å². The third-order valence-electron chi connectivity index (χ3n) is 1.98. The van der Waals surface area contributed by atoms with Crippen LogP contribution in [0, 0.1) is 6.92 Å². The molecule has 1 unspecified atom stereocenters. The second-order valence-electron chi connectivity index (χ2n) is 3.19. The van der Waals surface area contributed by atoms with E-state index in [1.807, 2.05) is 13.0 Å². The van der Waals surface area contributed by atoms with Crippen LogP contribution in [0.2, 0.25) is 0 Å². The van der Waals surface area contributed by atoms with E-state index < -0.39 is 0 Å². The van der Waals surface area contributed by atoms with E-state index in [2.05, 4.69) is 23.6 Å². The highest BCUT2D eigenvalue weighted by Crippen LogP contribution is 2.23. The molecule has 1 atom stereocenters. The second kappa shape index (κ2) is 4.80. The van der Waals surface area contributed by atoms with Gasteiger partial charge in [-0.2, -0.15) is 4.98 Å². The van der Waals surface area contributed by atoms with Crippen LogP contribution in [0.1, 0.15) is 43.8 Å². The van der Waals surface area contributed by atoms with Crippen LogP contribution in [0.15, 0.2) is 17.2 Å². The van der Waals surface area contributed by atoms with Gasteiger partial charge in [-0.1, -0.05) is 24.6 Å². The summed E-state index contributed by atoms with van der Waals surface area (Å²) in [5.74, 6) is 1.81. The summed E-state index contributed by atoms with van der Waals surface area (Å²) in [6, 6.07) is 0. The van der Waals surface area contributed by atoms with Gasteiger partial charge in [-0.3, -0.25) is 0 Å². The molecule has 3 nitrogen and oxygen atoms in total. The van der Waals surface area contributed by atoms with Crippen LogP contribution < -0.4 is 0 Å². The number of allylic oxidation sites excluding steroid dienone is 1. The molecule has 13 heavy (non-hydrogen) atoms. The fraction of sp³-hybridized carbons (Fsp3) is 0.600. The monoisotopic (exact) mass is 180 g/mol. The SMILES string of the molecule is C=CCC(CCC)c1nc(C)no1. The zero-order valence-electron chi connectivity index (χ0n) is 8.29. The molecule has 1 aromatic rings. The van der Waals surface area contributed by atoms with Gasteiger partial charge in [0.15, 0.2) is 5.82 Å². The number of hydrogen-bond acceptors (Lipinski definition) is 3. The Balaban J connectivity index is 2.68. The van der Waals surface area contributed by atoms with E-state index in [1.165, 1.54) is 0 Å². The lowest BCUT2D eigenvalue weighted by atomic mass is 10.00. The average molecular weight is 180 g/mol. The Labute approximate surface area is 78.8 Å². The number of aromatic nitrogens is 2. The van der Waals surface area contributed by atoms with Crippen molar-refractivity contribution in [3.8, 4) is 0 Å². The minimum absolute atomic E-state index is 0.351. The van der Waals surface area contributed by atoms with Crippen LogP contribution in [-0.2, 0) is 0 Å². The van der Waals surface area contributed by atoms with Gasteiger partial charge in [-0.25, -0.2) is 0 Å². The highest BCUT2D eigenvalue weighted by Gasteiger charge is 2.15. The Morgan fingerprint density at radius 1 is 1.62 bits per heavy atom. The van der Waals surface area contributed by atoms with Gasteiger partial charge in [-0.05, 0) is 19.8 Å². The Morgan fingerprint density at radius 2 is 2.38 bits per heavy atom. The Morgan fingerprint density at radius 3 is 2.85 bits per heavy atom. The predicted molar refractivity (Wildman–Crippen MR) is 51.5 cm³/mol. The molecule has 0 aliphatic rings. The third-order valence-corrected chi connectivity index (χ3v) is 1.98. The molecule has 0 amide bonds. The molecule has 0 saturated carbocycles. The minimum atomic E-state index is 0.351. The summed E-state index contributed by atoms with van der Waals surface area (Å²) >= 11 is 0. The summed E-state index contributed by atoms with van der Waals surface area (Å²) in [5.41, 5.74) is 0. The first kappa shape index (κ1) is 9.96. The van der Waals surface area contributed by atoms with Gasteiger partial charge in [0.05, 0.1) is 0 Å². The van der Waals surface area contributed by atoms with Crippen molar-refractivity contribution in [3.63, 3.8) is 0 Å². The molecule has 0 aromatic carbocycles. The van der Waals surface area contributed by atoms with Crippen molar-refractivity contribution >= 4 is 0 Å². The molecule has 0 aliphatic carbocycles. The van der Waals surface area contributed by atoms with Crippen molar-refractivity contribution in [3.05, 3.63) is 24.4 Å². The van der Waals surface area contributed by atoms with Crippen LogP contribution in [0.5, 0.6) is 0 Å². The van der Waals surface area contributed by atoms with Crippen LogP contribution in [0.3, 0.4) is 0 Å². The van der Waals surface area contributed by atoms with Crippen molar-refractivity contribution < 1.29 is 4.52 Å². The van der Waals surface area contributed by atoms with Crippen molar-refractivity contribution in [1.29, 1.82) is 0 Å². The molecule has 1 rings (SSSR count). The number of nitrogens with zero attached hydrogens (tertiary/aromatic N) is 2. The number of rotatable bonds is 5. The molecule has 0 bridgehead atoms. The van der Waals surface area contributed by atoms with Crippen molar-refractivity contribution in [2.75, 3.05) is 0 Å². The smallest absolute Gasteiger partial charge is 0.230 e. The van der Waals surface area contributed by atoms with Crippen molar-refractivity contribution in [1.82, 2.24) is 10.1 Å². The van der Waals surface area contributed by atoms with Crippen LogP contribution in [0.25, 0.3) is 0 Å². The molecule has 1 aromatic heterocycles. The zero-order chi connectivity index (χ0) is 9.68. The van der Waals surface area contributed by atoms with E-state index >= 15 is 0 Å². The summed E-state index contributed by atoms with van der Waals surface area (Å²) in [6.07, 6.45) is 5.02. The topological polar surface area (TPSA) is 38.9 Å². The van der Waals surface area contributed by atoms with Gasteiger partial charge in [0.1, 0.15) is 0 Å². The quantitative estimate of drug-likeness (QED) is 0.654. The van der Waals surface area contributed by atoms with E-state index in [0.29, 0.717) is 11.7 Å². The zero-order valence-corrected chi connectivity index (χ0v) is 8.29. The number of aryl methyl sites for hydroxylation is 1. The molecule has 72 valence electrons. The molecule has 3 heteroatoms. The van der Waals surface area contributed by atoms with Gasteiger partial charge in [0.25, 0.3) is 0 Å². The second-order valence-corrected chi connectivity index (χ2v) is 3.19. The number of hydrogen-bond donors (Lipinski definition) is 0. The lowest BCUT2D eigenvalue weighted by molar-refractivity contribution is 0.343. The van der Waals surface area contributed by atoms with Gasteiger partial charge in [0.2, 0.25) is 5.89 Å². The molecular weight excluding hydrogens is 164 g/mol. The van der Waals surface area contributed by atoms with Gasteiger partial charge in [-0.15, -0.1) is 6.58 Å². The first-order valence-corrected chi connectivity index (χ1v) is 4.69. The maximum absolute atomic E-state index is 5.12. The Bertz CT molecular complexity index is 268. The standard InChI is InChI=1S/C10H16N2O/c1-4-6-9(7-5-2)10-11-8(3)12-13-10/h4,9H,1,5-7H2,2-3H3. The molecule has 0 spiro atoms. The van der Waals surface area contributed by atoms with E-state index in [4.69, 9.17) is 4.52 Å². The van der Waals surface area contributed by atoms with E-state index in [1.54, 1.807) is 0 Å². The van der Waals surface area contributed by atoms with Crippen LogP contribution in [-0.4, -0.2) is 10.1 Å². The summed E-state index contributed by atoms with van der Waals surface area (Å²) < 4.78 is 5.12. The highest BCUT2D eigenvalue weighted by molar-refractivity contribution is 4.95. The first-order valence-electron chi connectivity index (χ1n) is 4.69. The maximum atomic E-state index is 5.12. The van der Waals surface area contributed by atoms with E-state index in [0.717, 1.165) is 25.2 Å². The van der Waals surface area contributed by atoms with E-state index in [9.17, 15) is 0 Å². The van der Waals surface area contributed by atoms with Crippen molar-refractivity contribution in [2.24, 2.45) is 0 Å². The molecule has 0 saturated heterocycles. The van der Waals surface area contributed by atoms with Gasteiger partial charge in [0, 0.05) is 5.92 Å². The normalized spacial score (nSPS) is 12.8. The molecule has 0 radical (unpaired) electrons. The average Bonchev–Trinajstić information content (AvgIpc) is 2.51. The largest absolute Gasteiger partial charge is 0.339 e. The minimum Gasteiger partial charge on any atom is -0.339 e. The van der Waals surface area contributed by atoms with Gasteiger partial charge < -0.3 is 4.52 Å². The fourth-order valence-electron chi connectivity index (χ4n) is 1.37. The molecule has 0 aliphatic heterocycles. The van der Waals surface area contributed by atoms with Crippen LogP contribution in [0.4, 0.5) is 0 Å². The fourth-order valence-corrected chi connectivity index (χ4v) is 1.37. The molecular formula is C10H16N2O. The Hall–Kier alpha value is -1.12. The first-order chi connectivity index (χ1) is 6.27. The van der Waals surface area contributed by atoms with E-state index in [-0.39, 0.29) is 0 Å². The summed E-state index contributed by atoms with van der Waals surface area (Å²) in [4.78, 5) is 4.22.